The molecule has 1 spiro atoms. The maximum absolute atomic E-state index is 6.11. The van der Waals surface area contributed by atoms with Gasteiger partial charge in [0.15, 0.2) is 0 Å². The van der Waals surface area contributed by atoms with Gasteiger partial charge in [0, 0.05) is 11.6 Å². The highest BCUT2D eigenvalue weighted by molar-refractivity contribution is 5.62. The van der Waals surface area contributed by atoms with Gasteiger partial charge in [0.1, 0.15) is 5.60 Å². The molecule has 0 amide bonds. The monoisotopic (exact) mass is 241 g/mol. The SMILES string of the molecule is C1=CC2c3ccccc3NC2C2(CCCCC2)O1. The summed E-state index contributed by atoms with van der Waals surface area (Å²) in [7, 11) is 0. The number of ether oxygens (including phenoxy) is 1. The Morgan fingerprint density at radius 3 is 2.83 bits per heavy atom. The molecule has 2 heteroatoms. The largest absolute Gasteiger partial charge is 0.493 e. The fourth-order valence-electron chi connectivity index (χ4n) is 3.94. The predicted octanol–water partition coefficient (Wildman–Crippen LogP) is 3.81. The number of nitrogens with one attached hydrogen (secondary N) is 1. The lowest BCUT2D eigenvalue weighted by Gasteiger charge is -2.45. The van der Waals surface area contributed by atoms with Crippen molar-refractivity contribution in [2.75, 3.05) is 5.32 Å². The van der Waals surface area contributed by atoms with Crippen molar-refractivity contribution in [2.45, 2.75) is 49.7 Å². The highest BCUT2D eigenvalue weighted by Gasteiger charge is 2.50. The summed E-state index contributed by atoms with van der Waals surface area (Å²) in [4.78, 5) is 0. The number of anilines is 1. The van der Waals surface area contributed by atoms with Gasteiger partial charge in [-0.25, -0.2) is 0 Å². The van der Waals surface area contributed by atoms with Crippen LogP contribution in [-0.4, -0.2) is 11.6 Å². The second-order valence-corrected chi connectivity index (χ2v) is 5.81. The van der Waals surface area contributed by atoms with Crippen LogP contribution < -0.4 is 5.32 Å². The van der Waals surface area contributed by atoms with E-state index in [4.69, 9.17) is 4.74 Å². The van der Waals surface area contributed by atoms with Crippen molar-refractivity contribution in [1.82, 2.24) is 0 Å². The Morgan fingerprint density at radius 2 is 1.94 bits per heavy atom. The Hall–Kier alpha value is -1.44. The number of rotatable bonds is 0. The summed E-state index contributed by atoms with van der Waals surface area (Å²) >= 11 is 0. The zero-order chi connectivity index (χ0) is 12.0. The first kappa shape index (κ1) is 10.5. The third-order valence-corrected chi connectivity index (χ3v) is 4.85. The van der Waals surface area contributed by atoms with E-state index in [0.717, 1.165) is 0 Å². The second-order valence-electron chi connectivity index (χ2n) is 5.81. The van der Waals surface area contributed by atoms with Crippen molar-refractivity contribution in [3.63, 3.8) is 0 Å². The molecule has 2 atom stereocenters. The summed E-state index contributed by atoms with van der Waals surface area (Å²) < 4.78 is 6.11. The summed E-state index contributed by atoms with van der Waals surface area (Å²) in [6.07, 6.45) is 10.5. The molecule has 1 saturated carbocycles. The van der Waals surface area contributed by atoms with Crippen molar-refractivity contribution < 1.29 is 4.74 Å². The molecule has 1 aromatic carbocycles. The van der Waals surface area contributed by atoms with Gasteiger partial charge in [-0.1, -0.05) is 24.6 Å². The van der Waals surface area contributed by atoms with Crippen LogP contribution in [0.4, 0.5) is 5.69 Å². The molecule has 2 nitrogen and oxygen atoms in total. The lowest BCUT2D eigenvalue weighted by atomic mass is 9.73. The molecule has 18 heavy (non-hydrogen) atoms. The van der Waals surface area contributed by atoms with Gasteiger partial charge in [-0.2, -0.15) is 0 Å². The molecule has 2 aliphatic heterocycles. The molecule has 1 fully saturated rings. The van der Waals surface area contributed by atoms with E-state index >= 15 is 0 Å². The van der Waals surface area contributed by atoms with E-state index in [1.165, 1.54) is 43.4 Å². The van der Waals surface area contributed by atoms with Gasteiger partial charge in [-0.15, -0.1) is 0 Å². The fraction of sp³-hybridized carbons (Fsp3) is 0.500. The number of para-hydroxylation sites is 1. The van der Waals surface area contributed by atoms with Crippen LogP contribution >= 0.6 is 0 Å². The molecule has 1 aromatic rings. The molecule has 2 unspecified atom stereocenters. The summed E-state index contributed by atoms with van der Waals surface area (Å²) in [5.74, 6) is 0.494. The Morgan fingerprint density at radius 1 is 1.11 bits per heavy atom. The smallest absolute Gasteiger partial charge is 0.129 e. The van der Waals surface area contributed by atoms with E-state index in [0.29, 0.717) is 12.0 Å². The Bertz CT molecular complexity index is 488. The Kier molecular flexibility index (Phi) is 2.20. The van der Waals surface area contributed by atoms with Gasteiger partial charge >= 0.3 is 0 Å². The maximum Gasteiger partial charge on any atom is 0.129 e. The zero-order valence-electron chi connectivity index (χ0n) is 10.6. The predicted molar refractivity (Wildman–Crippen MR) is 72.6 cm³/mol. The van der Waals surface area contributed by atoms with E-state index in [1.807, 2.05) is 6.26 Å². The molecule has 1 N–H and O–H groups in total. The maximum atomic E-state index is 6.11. The van der Waals surface area contributed by atoms with Crippen LogP contribution in [0.5, 0.6) is 0 Å². The first-order valence-corrected chi connectivity index (χ1v) is 7.09. The van der Waals surface area contributed by atoms with Crippen LogP contribution in [0.15, 0.2) is 36.6 Å². The minimum Gasteiger partial charge on any atom is -0.493 e. The van der Waals surface area contributed by atoms with Gasteiger partial charge in [-0.3, -0.25) is 0 Å². The number of benzene rings is 1. The number of hydrogen-bond donors (Lipinski definition) is 1. The lowest BCUT2D eigenvalue weighted by molar-refractivity contribution is -0.0385. The molecule has 2 heterocycles. The molecule has 4 rings (SSSR count). The normalized spacial score (nSPS) is 31.3. The summed E-state index contributed by atoms with van der Waals surface area (Å²) in [6.45, 7) is 0. The molecular weight excluding hydrogens is 222 g/mol. The van der Waals surface area contributed by atoms with Crippen molar-refractivity contribution in [2.24, 2.45) is 0 Å². The minimum atomic E-state index is 0.0384. The molecule has 0 saturated heterocycles. The summed E-state index contributed by atoms with van der Waals surface area (Å²) in [5, 5.41) is 3.72. The van der Waals surface area contributed by atoms with Gasteiger partial charge in [-0.05, 0) is 43.4 Å². The van der Waals surface area contributed by atoms with Gasteiger partial charge < -0.3 is 10.1 Å². The standard InChI is InChI=1S/C16H19NO/c1-4-9-16(10-5-1)15-13(8-11-18-16)12-6-2-3-7-14(12)17-15/h2-3,6-8,11,13,15,17H,1,4-5,9-10H2. The molecule has 0 aromatic heterocycles. The topological polar surface area (TPSA) is 21.3 Å². The van der Waals surface area contributed by atoms with E-state index in [2.05, 4.69) is 35.7 Å². The zero-order valence-corrected chi connectivity index (χ0v) is 10.6. The quantitative estimate of drug-likeness (QED) is 0.745. The molecule has 3 aliphatic rings. The van der Waals surface area contributed by atoms with E-state index < -0.39 is 0 Å². The highest BCUT2D eigenvalue weighted by Crippen LogP contribution is 2.49. The Labute approximate surface area is 108 Å². The third kappa shape index (κ3) is 1.35. The average molecular weight is 241 g/mol. The van der Waals surface area contributed by atoms with Crippen LogP contribution in [-0.2, 0) is 4.74 Å². The Balaban J connectivity index is 1.75. The molecule has 94 valence electrons. The number of fused-ring (bicyclic) bond motifs is 4. The van der Waals surface area contributed by atoms with Crippen LogP contribution in [0.25, 0.3) is 0 Å². The van der Waals surface area contributed by atoms with Crippen LogP contribution in [0, 0.1) is 0 Å². The molecule has 0 radical (unpaired) electrons. The van der Waals surface area contributed by atoms with Crippen LogP contribution in [0.3, 0.4) is 0 Å². The molecule has 1 aliphatic carbocycles. The van der Waals surface area contributed by atoms with Gasteiger partial charge in [0.25, 0.3) is 0 Å². The van der Waals surface area contributed by atoms with Gasteiger partial charge in [0.2, 0.25) is 0 Å². The first-order valence-electron chi connectivity index (χ1n) is 7.09. The second kappa shape index (κ2) is 3.78. The molecular formula is C16H19NO. The average Bonchev–Trinajstić information content (AvgIpc) is 2.81. The van der Waals surface area contributed by atoms with Crippen molar-refractivity contribution in [3.8, 4) is 0 Å². The van der Waals surface area contributed by atoms with Crippen molar-refractivity contribution in [3.05, 3.63) is 42.2 Å². The third-order valence-electron chi connectivity index (χ3n) is 4.85. The fourth-order valence-corrected chi connectivity index (χ4v) is 3.94. The van der Waals surface area contributed by atoms with Crippen molar-refractivity contribution in [1.29, 1.82) is 0 Å². The van der Waals surface area contributed by atoms with E-state index in [9.17, 15) is 0 Å². The van der Waals surface area contributed by atoms with Crippen molar-refractivity contribution >= 4 is 5.69 Å². The molecule has 0 bridgehead atoms. The van der Waals surface area contributed by atoms with Gasteiger partial charge in [0.05, 0.1) is 12.3 Å². The summed E-state index contributed by atoms with van der Waals surface area (Å²) in [5.41, 5.74) is 2.77. The van der Waals surface area contributed by atoms with Crippen LogP contribution in [0.1, 0.15) is 43.6 Å². The lowest BCUT2D eigenvalue weighted by Crippen LogP contribution is -2.51. The minimum absolute atomic E-state index is 0.0384. The highest BCUT2D eigenvalue weighted by atomic mass is 16.5. The van der Waals surface area contributed by atoms with Crippen LogP contribution in [0.2, 0.25) is 0 Å². The van der Waals surface area contributed by atoms with E-state index in [-0.39, 0.29) is 5.60 Å². The first-order chi connectivity index (χ1) is 8.89. The number of hydrogen-bond acceptors (Lipinski definition) is 2. The van der Waals surface area contributed by atoms with E-state index in [1.54, 1.807) is 0 Å². The summed E-state index contributed by atoms with van der Waals surface area (Å²) in [6, 6.07) is 9.12.